The number of nitrogen functional groups attached to an aromatic ring is 1. The van der Waals surface area contributed by atoms with E-state index in [9.17, 15) is 5.11 Å². The number of phenols is 1. The first-order valence-electron chi connectivity index (χ1n) is 7.17. The topological polar surface area (TPSA) is 65.6 Å². The number of nitrogens with two attached hydrogens (primary N) is 1. The summed E-state index contributed by atoms with van der Waals surface area (Å²) in [5.41, 5.74) is 7.51. The standard InChI is InChI=1S/C16H20N4O/c17-14-4-5-16(18-11-14)20-8-6-19(7-9-20)12-13-2-1-3-15(21)10-13/h1-5,10-11,21H,6-9,12,17H2. The molecule has 0 radical (unpaired) electrons. The molecule has 3 N–H and O–H groups in total. The molecule has 21 heavy (non-hydrogen) atoms. The average Bonchev–Trinajstić information content (AvgIpc) is 2.49. The lowest BCUT2D eigenvalue weighted by Gasteiger charge is -2.35. The minimum Gasteiger partial charge on any atom is -0.508 e. The van der Waals surface area contributed by atoms with Crippen LogP contribution in [-0.2, 0) is 6.54 Å². The van der Waals surface area contributed by atoms with Crippen LogP contribution in [0.1, 0.15) is 5.56 Å². The van der Waals surface area contributed by atoms with Crippen molar-refractivity contribution < 1.29 is 5.11 Å². The minimum atomic E-state index is 0.331. The molecule has 2 aromatic rings. The Kier molecular flexibility index (Phi) is 3.92. The molecular formula is C16H20N4O. The monoisotopic (exact) mass is 284 g/mol. The van der Waals surface area contributed by atoms with Crippen molar-refractivity contribution in [1.29, 1.82) is 0 Å². The van der Waals surface area contributed by atoms with E-state index >= 15 is 0 Å². The Balaban J connectivity index is 1.56. The fourth-order valence-corrected chi connectivity index (χ4v) is 2.63. The van der Waals surface area contributed by atoms with Crippen molar-refractivity contribution >= 4 is 11.5 Å². The zero-order chi connectivity index (χ0) is 14.7. The molecule has 0 amide bonds. The lowest BCUT2D eigenvalue weighted by atomic mass is 10.2. The summed E-state index contributed by atoms with van der Waals surface area (Å²) < 4.78 is 0. The van der Waals surface area contributed by atoms with Crippen LogP contribution in [0.5, 0.6) is 5.75 Å². The Labute approximate surface area is 124 Å². The maximum absolute atomic E-state index is 9.51. The molecule has 110 valence electrons. The van der Waals surface area contributed by atoms with Crippen molar-refractivity contribution in [3.8, 4) is 5.75 Å². The van der Waals surface area contributed by atoms with E-state index < -0.39 is 0 Å². The smallest absolute Gasteiger partial charge is 0.128 e. The second kappa shape index (κ2) is 6.01. The molecule has 0 saturated carbocycles. The molecule has 5 nitrogen and oxygen atoms in total. The van der Waals surface area contributed by atoms with Gasteiger partial charge >= 0.3 is 0 Å². The summed E-state index contributed by atoms with van der Waals surface area (Å²) in [5.74, 6) is 1.32. The Morgan fingerprint density at radius 2 is 1.90 bits per heavy atom. The number of aromatic nitrogens is 1. The molecule has 1 aliphatic rings. The normalized spacial score (nSPS) is 16.1. The van der Waals surface area contributed by atoms with Gasteiger partial charge in [0.25, 0.3) is 0 Å². The highest BCUT2D eigenvalue weighted by molar-refractivity contribution is 5.46. The van der Waals surface area contributed by atoms with Crippen molar-refractivity contribution in [1.82, 2.24) is 9.88 Å². The van der Waals surface area contributed by atoms with Crippen molar-refractivity contribution in [2.45, 2.75) is 6.54 Å². The number of phenolic OH excluding ortho intramolecular Hbond substituents is 1. The maximum atomic E-state index is 9.51. The summed E-state index contributed by atoms with van der Waals surface area (Å²) in [6.07, 6.45) is 1.70. The van der Waals surface area contributed by atoms with Gasteiger partial charge in [0.15, 0.2) is 0 Å². The van der Waals surface area contributed by atoms with Crippen LogP contribution < -0.4 is 10.6 Å². The molecule has 0 atom stereocenters. The maximum Gasteiger partial charge on any atom is 0.128 e. The van der Waals surface area contributed by atoms with Crippen molar-refractivity contribution in [2.24, 2.45) is 0 Å². The Morgan fingerprint density at radius 1 is 1.10 bits per heavy atom. The van der Waals surface area contributed by atoms with Crippen LogP contribution in [0.4, 0.5) is 11.5 Å². The van der Waals surface area contributed by atoms with Gasteiger partial charge in [-0.25, -0.2) is 4.98 Å². The second-order valence-electron chi connectivity index (χ2n) is 5.38. The number of pyridine rings is 1. The number of hydrogen-bond donors (Lipinski definition) is 2. The number of hydrogen-bond acceptors (Lipinski definition) is 5. The van der Waals surface area contributed by atoms with Crippen LogP contribution in [-0.4, -0.2) is 41.2 Å². The van der Waals surface area contributed by atoms with E-state index in [0.29, 0.717) is 11.4 Å². The Hall–Kier alpha value is -2.27. The molecule has 0 spiro atoms. The first-order valence-corrected chi connectivity index (χ1v) is 7.17. The van der Waals surface area contributed by atoms with Gasteiger partial charge in [0, 0.05) is 32.7 Å². The van der Waals surface area contributed by atoms with E-state index in [1.165, 1.54) is 0 Å². The third-order valence-corrected chi connectivity index (χ3v) is 3.78. The Bertz CT molecular complexity index is 591. The third-order valence-electron chi connectivity index (χ3n) is 3.78. The molecule has 0 unspecified atom stereocenters. The lowest BCUT2D eigenvalue weighted by molar-refractivity contribution is 0.249. The van der Waals surface area contributed by atoms with Gasteiger partial charge in [0.2, 0.25) is 0 Å². The number of benzene rings is 1. The van der Waals surface area contributed by atoms with E-state index in [4.69, 9.17) is 5.73 Å². The zero-order valence-corrected chi connectivity index (χ0v) is 11.9. The highest BCUT2D eigenvalue weighted by Gasteiger charge is 2.18. The summed E-state index contributed by atoms with van der Waals surface area (Å²) in [6.45, 7) is 4.76. The molecule has 2 heterocycles. The molecule has 1 aliphatic heterocycles. The first kappa shape index (κ1) is 13.7. The predicted molar refractivity (Wildman–Crippen MR) is 84.2 cm³/mol. The van der Waals surface area contributed by atoms with Crippen molar-refractivity contribution in [2.75, 3.05) is 36.8 Å². The van der Waals surface area contributed by atoms with Crippen molar-refractivity contribution in [3.63, 3.8) is 0 Å². The number of nitrogens with zero attached hydrogens (tertiary/aromatic N) is 3. The third kappa shape index (κ3) is 3.44. The second-order valence-corrected chi connectivity index (χ2v) is 5.38. The number of rotatable bonds is 3. The van der Waals surface area contributed by atoms with E-state index in [-0.39, 0.29) is 0 Å². The lowest BCUT2D eigenvalue weighted by Crippen LogP contribution is -2.46. The van der Waals surface area contributed by atoms with Gasteiger partial charge in [0.05, 0.1) is 11.9 Å². The summed E-state index contributed by atoms with van der Waals surface area (Å²) >= 11 is 0. The summed E-state index contributed by atoms with van der Waals surface area (Å²) in [4.78, 5) is 9.04. The molecule has 5 heteroatoms. The van der Waals surface area contributed by atoms with Gasteiger partial charge in [-0.1, -0.05) is 12.1 Å². The van der Waals surface area contributed by atoms with Crippen LogP contribution >= 0.6 is 0 Å². The molecule has 0 aliphatic carbocycles. The molecular weight excluding hydrogens is 264 g/mol. The van der Waals surface area contributed by atoms with Crippen LogP contribution in [0.25, 0.3) is 0 Å². The van der Waals surface area contributed by atoms with E-state index in [1.54, 1.807) is 12.3 Å². The van der Waals surface area contributed by atoms with Gasteiger partial charge in [0.1, 0.15) is 11.6 Å². The average molecular weight is 284 g/mol. The molecule has 1 aromatic heterocycles. The number of piperazine rings is 1. The van der Waals surface area contributed by atoms with Crippen LogP contribution in [0.3, 0.4) is 0 Å². The van der Waals surface area contributed by atoms with E-state index in [1.807, 2.05) is 30.3 Å². The Morgan fingerprint density at radius 3 is 2.57 bits per heavy atom. The van der Waals surface area contributed by atoms with E-state index in [2.05, 4.69) is 14.8 Å². The van der Waals surface area contributed by atoms with Crippen molar-refractivity contribution in [3.05, 3.63) is 48.2 Å². The molecule has 3 rings (SSSR count). The molecule has 1 saturated heterocycles. The van der Waals surface area contributed by atoms with Gasteiger partial charge in [-0.3, -0.25) is 4.90 Å². The quantitative estimate of drug-likeness (QED) is 0.898. The fourth-order valence-electron chi connectivity index (χ4n) is 2.63. The number of aromatic hydroxyl groups is 1. The SMILES string of the molecule is Nc1ccc(N2CCN(Cc3cccc(O)c3)CC2)nc1. The summed E-state index contributed by atoms with van der Waals surface area (Å²) in [6, 6.07) is 11.3. The summed E-state index contributed by atoms with van der Waals surface area (Å²) in [5, 5.41) is 9.51. The van der Waals surface area contributed by atoms with Crippen LogP contribution in [0, 0.1) is 0 Å². The molecule has 1 aromatic carbocycles. The minimum absolute atomic E-state index is 0.331. The van der Waals surface area contributed by atoms with Crippen LogP contribution in [0.2, 0.25) is 0 Å². The van der Waals surface area contributed by atoms with Gasteiger partial charge in [-0.2, -0.15) is 0 Å². The highest BCUT2D eigenvalue weighted by Crippen LogP contribution is 2.17. The predicted octanol–water partition coefficient (Wildman–Crippen LogP) is 1.69. The fraction of sp³-hybridized carbons (Fsp3) is 0.312. The largest absolute Gasteiger partial charge is 0.508 e. The number of anilines is 2. The zero-order valence-electron chi connectivity index (χ0n) is 11.9. The van der Waals surface area contributed by atoms with Gasteiger partial charge < -0.3 is 15.7 Å². The van der Waals surface area contributed by atoms with Gasteiger partial charge in [-0.15, -0.1) is 0 Å². The molecule has 0 bridgehead atoms. The molecule has 1 fully saturated rings. The van der Waals surface area contributed by atoms with Gasteiger partial charge in [-0.05, 0) is 29.8 Å². The van der Waals surface area contributed by atoms with Crippen LogP contribution in [0.15, 0.2) is 42.6 Å². The summed E-state index contributed by atoms with van der Waals surface area (Å²) in [7, 11) is 0. The highest BCUT2D eigenvalue weighted by atomic mass is 16.3. The van der Waals surface area contributed by atoms with E-state index in [0.717, 1.165) is 44.1 Å². The first-order chi connectivity index (χ1) is 10.2.